The van der Waals surface area contributed by atoms with Gasteiger partial charge in [-0.15, -0.1) is 0 Å². The Hall–Kier alpha value is -1.12. The molecule has 7 nitrogen and oxygen atoms in total. The molecule has 0 aliphatic carbocycles. The first-order chi connectivity index (χ1) is 8.66. The number of nitrogens with zero attached hydrogens (tertiary/aromatic N) is 3. The van der Waals surface area contributed by atoms with Crippen molar-refractivity contribution in [3.63, 3.8) is 0 Å². The molecule has 3 unspecified atom stereocenters. The van der Waals surface area contributed by atoms with E-state index >= 15 is 0 Å². The van der Waals surface area contributed by atoms with Crippen molar-refractivity contribution < 1.29 is 8.98 Å². The first-order valence-electron chi connectivity index (χ1n) is 5.91. The lowest BCUT2D eigenvalue weighted by molar-refractivity contribution is -0.140. The normalized spacial score (nSPS) is 32.3. The van der Waals surface area contributed by atoms with Gasteiger partial charge in [0.25, 0.3) is 0 Å². The molecule has 2 aliphatic rings. The highest BCUT2D eigenvalue weighted by Gasteiger charge is 2.46. The summed E-state index contributed by atoms with van der Waals surface area (Å²) in [4.78, 5) is 13.8. The van der Waals surface area contributed by atoms with Crippen LogP contribution in [0.5, 0.6) is 0 Å². The van der Waals surface area contributed by atoms with E-state index in [1.165, 1.54) is 12.0 Å². The van der Waals surface area contributed by atoms with Crippen LogP contribution in [0.3, 0.4) is 0 Å². The van der Waals surface area contributed by atoms with Crippen LogP contribution < -0.4 is 5.73 Å². The van der Waals surface area contributed by atoms with Crippen LogP contribution in [-0.4, -0.2) is 50.3 Å². The predicted molar refractivity (Wildman–Crippen MR) is 65.4 cm³/mol. The minimum Gasteiger partial charge on any atom is -0.388 e. The first kappa shape index (κ1) is 11.9. The first-order valence-corrected chi connectivity index (χ1v) is 6.72. The second kappa shape index (κ2) is 4.52. The summed E-state index contributed by atoms with van der Waals surface area (Å²) in [6.07, 6.45) is 1.53. The standard InChI is InChI=1S/C10H15N5O2S/c1-5-7(13-14-12-5)4-8-15-3-2-6(11)9(15)10(16)17-18-8/h6,8-9H,2-4,11H2,1H3,(H,12,13,14). The molecule has 3 rings (SSSR count). The predicted octanol–water partition coefficient (Wildman–Crippen LogP) is -0.412. The summed E-state index contributed by atoms with van der Waals surface area (Å²) in [5, 5.41) is 10.8. The van der Waals surface area contributed by atoms with Gasteiger partial charge < -0.3 is 9.92 Å². The van der Waals surface area contributed by atoms with E-state index in [4.69, 9.17) is 9.92 Å². The molecule has 1 aromatic rings. The molecule has 3 atom stereocenters. The Morgan fingerprint density at radius 2 is 2.44 bits per heavy atom. The molecule has 3 heterocycles. The average molecular weight is 269 g/mol. The molecule has 0 saturated carbocycles. The van der Waals surface area contributed by atoms with Gasteiger partial charge in [-0.2, -0.15) is 15.4 Å². The lowest BCUT2D eigenvalue weighted by atomic mass is 10.1. The minimum absolute atomic E-state index is 0.0741. The molecule has 0 aromatic carbocycles. The molecule has 1 aromatic heterocycles. The molecular weight excluding hydrogens is 254 g/mol. The highest BCUT2D eigenvalue weighted by molar-refractivity contribution is 7.95. The lowest BCUT2D eigenvalue weighted by Gasteiger charge is -2.35. The molecule has 0 amide bonds. The second-order valence-corrected chi connectivity index (χ2v) is 5.55. The number of rotatable bonds is 2. The lowest BCUT2D eigenvalue weighted by Crippen LogP contribution is -2.52. The molecule has 98 valence electrons. The Labute approximate surface area is 109 Å². The van der Waals surface area contributed by atoms with Crippen molar-refractivity contribution in [1.82, 2.24) is 20.3 Å². The summed E-state index contributed by atoms with van der Waals surface area (Å²) >= 11 is 1.20. The van der Waals surface area contributed by atoms with E-state index in [0.717, 1.165) is 24.4 Å². The largest absolute Gasteiger partial charge is 0.388 e. The van der Waals surface area contributed by atoms with Crippen LogP contribution in [0, 0.1) is 6.92 Å². The molecule has 2 aliphatic heterocycles. The maximum Gasteiger partial charge on any atom is 0.337 e. The van der Waals surface area contributed by atoms with E-state index in [2.05, 4.69) is 20.3 Å². The van der Waals surface area contributed by atoms with E-state index in [0.29, 0.717) is 6.42 Å². The van der Waals surface area contributed by atoms with Crippen LogP contribution in [-0.2, 0) is 15.4 Å². The van der Waals surface area contributed by atoms with Gasteiger partial charge in [-0.05, 0) is 13.3 Å². The van der Waals surface area contributed by atoms with Crippen LogP contribution in [0.25, 0.3) is 0 Å². The number of aryl methyl sites for hydroxylation is 1. The average Bonchev–Trinajstić information content (AvgIpc) is 2.91. The number of hydrogen-bond donors (Lipinski definition) is 2. The van der Waals surface area contributed by atoms with Gasteiger partial charge in [0.05, 0.1) is 23.4 Å². The van der Waals surface area contributed by atoms with E-state index in [-0.39, 0.29) is 23.4 Å². The fourth-order valence-corrected chi connectivity index (χ4v) is 3.38. The van der Waals surface area contributed by atoms with Crippen molar-refractivity contribution in [3.8, 4) is 0 Å². The van der Waals surface area contributed by atoms with Crippen LogP contribution in [0.4, 0.5) is 0 Å². The summed E-state index contributed by atoms with van der Waals surface area (Å²) in [6.45, 7) is 2.74. The molecule has 18 heavy (non-hydrogen) atoms. The fraction of sp³-hybridized carbons (Fsp3) is 0.700. The molecule has 2 fully saturated rings. The van der Waals surface area contributed by atoms with Gasteiger partial charge in [0.2, 0.25) is 0 Å². The Kier molecular flexibility index (Phi) is 3.00. The van der Waals surface area contributed by atoms with Crippen LogP contribution in [0.2, 0.25) is 0 Å². The third kappa shape index (κ3) is 1.90. The fourth-order valence-electron chi connectivity index (χ4n) is 2.50. The SMILES string of the molecule is Cc1n[nH]nc1CC1SOC(=O)C2C(N)CCN12. The quantitative estimate of drug-likeness (QED) is 0.704. The van der Waals surface area contributed by atoms with Crippen molar-refractivity contribution in [2.24, 2.45) is 5.73 Å². The van der Waals surface area contributed by atoms with Crippen molar-refractivity contribution in [3.05, 3.63) is 11.4 Å². The topological polar surface area (TPSA) is 97.1 Å². The van der Waals surface area contributed by atoms with Crippen molar-refractivity contribution in [1.29, 1.82) is 0 Å². The van der Waals surface area contributed by atoms with Crippen LogP contribution >= 0.6 is 12.0 Å². The summed E-state index contributed by atoms with van der Waals surface area (Å²) in [7, 11) is 0. The molecule has 8 heteroatoms. The van der Waals surface area contributed by atoms with E-state index in [1.807, 2.05) is 6.92 Å². The molecule has 0 radical (unpaired) electrons. The van der Waals surface area contributed by atoms with Gasteiger partial charge >= 0.3 is 5.97 Å². The number of nitrogens with two attached hydrogens (primary N) is 1. The number of nitrogens with one attached hydrogen (secondary N) is 1. The van der Waals surface area contributed by atoms with Gasteiger partial charge in [-0.1, -0.05) is 0 Å². The number of carbonyl (C=O) groups is 1. The van der Waals surface area contributed by atoms with Gasteiger partial charge in [-0.3, -0.25) is 4.90 Å². The maximum atomic E-state index is 11.7. The van der Waals surface area contributed by atoms with Gasteiger partial charge in [-0.25, -0.2) is 4.79 Å². The van der Waals surface area contributed by atoms with Crippen molar-refractivity contribution in [2.45, 2.75) is 37.2 Å². The molecule has 0 bridgehead atoms. The zero-order valence-electron chi connectivity index (χ0n) is 10.00. The molecule has 2 saturated heterocycles. The van der Waals surface area contributed by atoms with E-state index in [1.54, 1.807) is 0 Å². The third-order valence-corrected chi connectivity index (χ3v) is 4.44. The maximum absolute atomic E-state index is 11.7. The summed E-state index contributed by atoms with van der Waals surface area (Å²) in [5.74, 6) is -0.224. The zero-order chi connectivity index (χ0) is 12.7. The highest BCUT2D eigenvalue weighted by atomic mass is 32.2. The third-order valence-electron chi connectivity index (χ3n) is 3.52. The number of aromatic amines is 1. The van der Waals surface area contributed by atoms with Crippen LogP contribution in [0.15, 0.2) is 0 Å². The van der Waals surface area contributed by atoms with Crippen molar-refractivity contribution >= 4 is 18.0 Å². The molecule has 0 spiro atoms. The number of carbonyl (C=O) groups excluding carboxylic acids is 1. The Balaban J connectivity index is 1.77. The Morgan fingerprint density at radius 1 is 1.61 bits per heavy atom. The number of fused-ring (bicyclic) bond motifs is 1. The van der Waals surface area contributed by atoms with E-state index in [9.17, 15) is 4.79 Å². The smallest absolute Gasteiger partial charge is 0.337 e. The Bertz CT molecular complexity index is 465. The van der Waals surface area contributed by atoms with Gasteiger partial charge in [0.15, 0.2) is 0 Å². The zero-order valence-corrected chi connectivity index (χ0v) is 10.8. The van der Waals surface area contributed by atoms with Gasteiger partial charge in [0.1, 0.15) is 11.4 Å². The monoisotopic (exact) mass is 269 g/mol. The summed E-state index contributed by atoms with van der Waals surface area (Å²) in [5.41, 5.74) is 7.75. The second-order valence-electron chi connectivity index (χ2n) is 4.65. The number of H-pyrrole nitrogens is 1. The minimum atomic E-state index is -0.302. The number of hydrogen-bond acceptors (Lipinski definition) is 7. The summed E-state index contributed by atoms with van der Waals surface area (Å²) in [6, 6.07) is -0.428. The van der Waals surface area contributed by atoms with Crippen molar-refractivity contribution in [2.75, 3.05) is 6.54 Å². The van der Waals surface area contributed by atoms with E-state index < -0.39 is 0 Å². The highest BCUT2D eigenvalue weighted by Crippen LogP contribution is 2.34. The molecule has 3 N–H and O–H groups in total. The molecular formula is C10H15N5O2S. The Morgan fingerprint density at radius 3 is 3.17 bits per heavy atom. The summed E-state index contributed by atoms with van der Waals surface area (Å²) < 4.78 is 5.16. The van der Waals surface area contributed by atoms with Gasteiger partial charge in [0, 0.05) is 19.0 Å². The number of aromatic nitrogens is 3. The van der Waals surface area contributed by atoms with Crippen LogP contribution in [0.1, 0.15) is 17.8 Å².